The number of carbonyl (C=O) groups is 1. The van der Waals surface area contributed by atoms with Crippen molar-refractivity contribution in [3.05, 3.63) is 0 Å². The number of esters is 1. The van der Waals surface area contributed by atoms with Crippen LogP contribution in [0.4, 0.5) is 0 Å². The number of ether oxygens (including phenoxy) is 2. The lowest BCUT2D eigenvalue weighted by Gasteiger charge is -2.35. The molecule has 1 rings (SSSR count). The molecule has 1 fully saturated rings. The molecule has 1 unspecified atom stereocenters. The molecule has 112 valence electrons. The Hall–Kier alpha value is -0.610. The van der Waals surface area contributed by atoms with Gasteiger partial charge in [-0.25, -0.2) is 4.79 Å². The second-order valence-corrected chi connectivity index (χ2v) is 6.29. The van der Waals surface area contributed by atoms with Gasteiger partial charge in [0.2, 0.25) is 0 Å². The van der Waals surface area contributed by atoms with Crippen molar-refractivity contribution in [2.45, 2.75) is 65.0 Å². The van der Waals surface area contributed by atoms with Crippen LogP contribution in [0.1, 0.15) is 53.9 Å². The Morgan fingerprint density at radius 3 is 2.32 bits per heavy atom. The molecule has 1 saturated carbocycles. The van der Waals surface area contributed by atoms with Crippen LogP contribution in [0.15, 0.2) is 0 Å². The lowest BCUT2D eigenvalue weighted by atomic mass is 9.93. The van der Waals surface area contributed by atoms with Gasteiger partial charge in [-0.05, 0) is 59.4 Å². The molecule has 1 aliphatic carbocycles. The molecule has 0 aliphatic heterocycles. The van der Waals surface area contributed by atoms with Gasteiger partial charge < -0.3 is 9.47 Å². The van der Waals surface area contributed by atoms with E-state index in [4.69, 9.17) is 9.47 Å². The van der Waals surface area contributed by atoms with E-state index in [9.17, 15) is 4.79 Å². The molecule has 0 saturated heterocycles. The zero-order chi connectivity index (χ0) is 14.5. The molecule has 1 N–H and O–H groups in total. The molecule has 1 aliphatic rings. The highest BCUT2D eigenvalue weighted by atomic mass is 16.5. The third kappa shape index (κ3) is 4.77. The van der Waals surface area contributed by atoms with Gasteiger partial charge in [0.05, 0.1) is 18.8 Å². The predicted octanol–water partition coefficient (Wildman–Crippen LogP) is 2.51. The number of rotatable bonds is 8. The molecule has 0 bridgehead atoms. The quantitative estimate of drug-likeness (QED) is 0.689. The van der Waals surface area contributed by atoms with Crippen LogP contribution < -0.4 is 5.32 Å². The molecule has 0 spiro atoms. The maximum absolute atomic E-state index is 12.4. The Morgan fingerprint density at radius 2 is 1.89 bits per heavy atom. The average molecular weight is 271 g/mol. The van der Waals surface area contributed by atoms with E-state index >= 15 is 0 Å². The van der Waals surface area contributed by atoms with Crippen LogP contribution in [0.3, 0.4) is 0 Å². The fourth-order valence-electron chi connectivity index (χ4n) is 2.13. The molecule has 4 heteroatoms. The summed E-state index contributed by atoms with van der Waals surface area (Å²) in [4.78, 5) is 12.4. The third-order valence-corrected chi connectivity index (χ3v) is 3.34. The SMILES string of the molecule is CCCNC(COC(C)(C)C)(C(=O)OCC)C1CC1. The Morgan fingerprint density at radius 1 is 1.26 bits per heavy atom. The molecular weight excluding hydrogens is 242 g/mol. The van der Waals surface area contributed by atoms with Gasteiger partial charge in [0.25, 0.3) is 0 Å². The maximum Gasteiger partial charge on any atom is 0.329 e. The number of hydrogen-bond acceptors (Lipinski definition) is 4. The van der Waals surface area contributed by atoms with Crippen molar-refractivity contribution >= 4 is 5.97 Å². The van der Waals surface area contributed by atoms with E-state index < -0.39 is 5.54 Å². The van der Waals surface area contributed by atoms with Crippen LogP contribution in [0.5, 0.6) is 0 Å². The smallest absolute Gasteiger partial charge is 0.329 e. The molecule has 1 atom stereocenters. The summed E-state index contributed by atoms with van der Waals surface area (Å²) in [7, 11) is 0. The second-order valence-electron chi connectivity index (χ2n) is 6.29. The molecule has 4 nitrogen and oxygen atoms in total. The second kappa shape index (κ2) is 6.71. The fraction of sp³-hybridized carbons (Fsp3) is 0.933. The predicted molar refractivity (Wildman–Crippen MR) is 76.1 cm³/mol. The highest BCUT2D eigenvalue weighted by Gasteiger charge is 2.52. The van der Waals surface area contributed by atoms with Gasteiger partial charge in [0.1, 0.15) is 5.54 Å². The first-order valence-corrected chi connectivity index (χ1v) is 7.42. The zero-order valence-corrected chi connectivity index (χ0v) is 13.0. The summed E-state index contributed by atoms with van der Waals surface area (Å²) in [5, 5.41) is 3.40. The van der Waals surface area contributed by atoms with Gasteiger partial charge >= 0.3 is 5.97 Å². The van der Waals surface area contributed by atoms with E-state index in [2.05, 4.69) is 12.2 Å². The van der Waals surface area contributed by atoms with Crippen LogP contribution in [0, 0.1) is 5.92 Å². The van der Waals surface area contributed by atoms with E-state index in [1.165, 1.54) is 0 Å². The lowest BCUT2D eigenvalue weighted by molar-refractivity contribution is -0.158. The van der Waals surface area contributed by atoms with E-state index in [0.29, 0.717) is 19.1 Å². The van der Waals surface area contributed by atoms with E-state index in [1.807, 2.05) is 27.7 Å². The summed E-state index contributed by atoms with van der Waals surface area (Å²) in [5.74, 6) is 0.190. The summed E-state index contributed by atoms with van der Waals surface area (Å²) in [5.41, 5.74) is -0.903. The minimum absolute atomic E-state index is 0.157. The molecule has 19 heavy (non-hydrogen) atoms. The first-order valence-electron chi connectivity index (χ1n) is 7.42. The standard InChI is InChI=1S/C15H29NO3/c1-6-10-16-15(12-8-9-12,13(17)18-7-2)11-19-14(3,4)5/h12,16H,6-11H2,1-5H3. The van der Waals surface area contributed by atoms with Crippen molar-refractivity contribution in [1.29, 1.82) is 0 Å². The van der Waals surface area contributed by atoms with E-state index in [0.717, 1.165) is 25.8 Å². The fourth-order valence-corrected chi connectivity index (χ4v) is 2.13. The normalized spacial score (nSPS) is 19.0. The first kappa shape index (κ1) is 16.4. The Balaban J connectivity index is 2.81. The summed E-state index contributed by atoms with van der Waals surface area (Å²) in [6, 6.07) is 0. The largest absolute Gasteiger partial charge is 0.465 e. The van der Waals surface area contributed by atoms with Crippen molar-refractivity contribution in [3.8, 4) is 0 Å². The number of hydrogen-bond donors (Lipinski definition) is 1. The minimum Gasteiger partial charge on any atom is -0.465 e. The first-order chi connectivity index (χ1) is 8.85. The molecule has 0 aromatic carbocycles. The summed E-state index contributed by atoms with van der Waals surface area (Å²) < 4.78 is 11.2. The van der Waals surface area contributed by atoms with Crippen LogP contribution >= 0.6 is 0 Å². The lowest BCUT2D eigenvalue weighted by Crippen LogP contribution is -2.59. The molecule has 0 amide bonds. The average Bonchev–Trinajstić information content (AvgIpc) is 3.13. The topological polar surface area (TPSA) is 47.6 Å². The maximum atomic E-state index is 12.4. The van der Waals surface area contributed by atoms with Crippen molar-refractivity contribution in [1.82, 2.24) is 5.32 Å². The van der Waals surface area contributed by atoms with Gasteiger partial charge in [0, 0.05) is 0 Å². The van der Waals surface area contributed by atoms with Crippen LogP contribution in [-0.4, -0.2) is 36.9 Å². The highest BCUT2D eigenvalue weighted by Crippen LogP contribution is 2.41. The Bertz CT molecular complexity index is 294. The minimum atomic E-state index is -0.653. The summed E-state index contributed by atoms with van der Waals surface area (Å²) >= 11 is 0. The van der Waals surface area contributed by atoms with E-state index in [1.54, 1.807) is 0 Å². The molecular formula is C15H29NO3. The number of carbonyl (C=O) groups excluding carboxylic acids is 1. The third-order valence-electron chi connectivity index (χ3n) is 3.34. The molecule has 0 radical (unpaired) electrons. The summed E-state index contributed by atoms with van der Waals surface area (Å²) in [6.07, 6.45) is 3.13. The van der Waals surface area contributed by atoms with Gasteiger partial charge in [0.15, 0.2) is 0 Å². The summed E-state index contributed by atoms with van der Waals surface area (Å²) in [6.45, 7) is 11.6. The van der Waals surface area contributed by atoms with Crippen molar-refractivity contribution < 1.29 is 14.3 Å². The van der Waals surface area contributed by atoms with Crippen molar-refractivity contribution in [2.75, 3.05) is 19.8 Å². The molecule has 0 heterocycles. The van der Waals surface area contributed by atoms with Gasteiger partial charge in [-0.15, -0.1) is 0 Å². The highest BCUT2D eigenvalue weighted by molar-refractivity contribution is 5.82. The number of nitrogens with one attached hydrogen (secondary N) is 1. The van der Waals surface area contributed by atoms with Gasteiger partial charge in [-0.2, -0.15) is 0 Å². The molecule has 0 aromatic rings. The van der Waals surface area contributed by atoms with Crippen LogP contribution in [-0.2, 0) is 14.3 Å². The Kier molecular flexibility index (Phi) is 5.81. The Labute approximate surface area is 117 Å². The van der Waals surface area contributed by atoms with Gasteiger partial charge in [-0.1, -0.05) is 6.92 Å². The van der Waals surface area contributed by atoms with Gasteiger partial charge in [-0.3, -0.25) is 5.32 Å². The van der Waals surface area contributed by atoms with Crippen LogP contribution in [0.2, 0.25) is 0 Å². The van der Waals surface area contributed by atoms with E-state index in [-0.39, 0.29) is 11.6 Å². The monoisotopic (exact) mass is 271 g/mol. The zero-order valence-electron chi connectivity index (χ0n) is 13.0. The van der Waals surface area contributed by atoms with Crippen molar-refractivity contribution in [2.24, 2.45) is 5.92 Å². The van der Waals surface area contributed by atoms with Crippen LogP contribution in [0.25, 0.3) is 0 Å². The molecule has 0 aromatic heterocycles. The van der Waals surface area contributed by atoms with Crippen molar-refractivity contribution in [3.63, 3.8) is 0 Å².